The number of aliphatic carboxylic acids is 2. The van der Waals surface area contributed by atoms with Crippen molar-refractivity contribution in [1.29, 1.82) is 0 Å². The summed E-state index contributed by atoms with van der Waals surface area (Å²) in [5, 5.41) is 24.3. The molecule has 3 heterocycles. The molecule has 3 rings (SSSR count). The summed E-state index contributed by atoms with van der Waals surface area (Å²) >= 11 is 1.49. The van der Waals surface area contributed by atoms with Crippen LogP contribution in [0, 0.1) is 0 Å². The number of carboxylic acid groups (broad SMARTS) is 2. The molecule has 0 aromatic carbocycles. The molecule has 0 aliphatic carbocycles. The fourth-order valence-electron chi connectivity index (χ4n) is 3.04. The summed E-state index contributed by atoms with van der Waals surface area (Å²) < 4.78 is 2.13. The molecule has 0 radical (unpaired) electrons. The van der Waals surface area contributed by atoms with Crippen LogP contribution in [0.4, 0.5) is 0 Å². The zero-order chi connectivity index (χ0) is 23.5. The van der Waals surface area contributed by atoms with Crippen molar-refractivity contribution in [2.45, 2.75) is 31.0 Å². The third-order valence-corrected chi connectivity index (χ3v) is 5.56. The summed E-state index contributed by atoms with van der Waals surface area (Å²) in [6, 6.07) is 3.88. The van der Waals surface area contributed by atoms with Gasteiger partial charge >= 0.3 is 11.9 Å². The molecule has 12 heteroatoms. The molecule has 2 N–H and O–H groups in total. The van der Waals surface area contributed by atoms with Gasteiger partial charge in [-0.05, 0) is 52.0 Å². The number of carbonyl (C=O) groups excluding carboxylic acids is 1. The molecule has 2 aromatic rings. The minimum atomic E-state index is -1.82. The Labute approximate surface area is 190 Å². The summed E-state index contributed by atoms with van der Waals surface area (Å²) in [6.45, 7) is 3.59. The van der Waals surface area contributed by atoms with Gasteiger partial charge in [-0.25, -0.2) is 9.59 Å². The second-order valence-electron chi connectivity index (χ2n) is 7.34. The number of amides is 1. The molecule has 1 saturated heterocycles. The molecule has 0 spiro atoms. The van der Waals surface area contributed by atoms with Gasteiger partial charge in [0.2, 0.25) is 5.91 Å². The van der Waals surface area contributed by atoms with Gasteiger partial charge in [-0.3, -0.25) is 9.78 Å². The van der Waals surface area contributed by atoms with E-state index in [9.17, 15) is 4.79 Å². The van der Waals surface area contributed by atoms with E-state index in [1.807, 2.05) is 17.0 Å². The molecule has 0 saturated carbocycles. The van der Waals surface area contributed by atoms with Crippen LogP contribution in [0.2, 0.25) is 0 Å². The van der Waals surface area contributed by atoms with Gasteiger partial charge in [0.25, 0.3) is 0 Å². The molecule has 1 fully saturated rings. The molecular weight excluding hydrogens is 436 g/mol. The van der Waals surface area contributed by atoms with Crippen LogP contribution < -0.4 is 0 Å². The Morgan fingerprint density at radius 1 is 1.06 bits per heavy atom. The maximum Gasteiger partial charge on any atom is 0.414 e. The van der Waals surface area contributed by atoms with Gasteiger partial charge < -0.3 is 24.6 Å². The van der Waals surface area contributed by atoms with Gasteiger partial charge in [-0.15, -0.1) is 10.2 Å². The van der Waals surface area contributed by atoms with Crippen LogP contribution in [0.5, 0.6) is 0 Å². The second-order valence-corrected chi connectivity index (χ2v) is 8.28. The lowest BCUT2D eigenvalue weighted by atomic mass is 10.2. The number of likely N-dealkylation sites (tertiary alicyclic amines) is 1. The van der Waals surface area contributed by atoms with Crippen LogP contribution in [0.1, 0.15) is 19.3 Å². The Balaban J connectivity index is 0.000000534. The van der Waals surface area contributed by atoms with Crippen molar-refractivity contribution in [3.63, 3.8) is 0 Å². The van der Waals surface area contributed by atoms with E-state index in [4.69, 9.17) is 19.8 Å². The van der Waals surface area contributed by atoms with Crippen molar-refractivity contribution in [1.82, 2.24) is 29.5 Å². The van der Waals surface area contributed by atoms with Crippen molar-refractivity contribution in [3.05, 3.63) is 24.5 Å². The number of nitrogens with zero attached hydrogens (tertiary/aromatic N) is 6. The van der Waals surface area contributed by atoms with E-state index >= 15 is 0 Å². The van der Waals surface area contributed by atoms with Gasteiger partial charge in [-0.1, -0.05) is 11.8 Å². The predicted octanol–water partition coefficient (Wildman–Crippen LogP) is 1.16. The average molecular weight is 465 g/mol. The Bertz CT molecular complexity index is 887. The van der Waals surface area contributed by atoms with E-state index < -0.39 is 11.9 Å². The topological polar surface area (TPSA) is 142 Å². The van der Waals surface area contributed by atoms with E-state index in [-0.39, 0.29) is 5.91 Å². The highest BCUT2D eigenvalue weighted by molar-refractivity contribution is 7.99. The fraction of sp³-hybridized carbons (Fsp3) is 0.500. The first kappa shape index (κ1) is 25.3. The molecule has 1 aliphatic rings. The van der Waals surface area contributed by atoms with E-state index in [1.54, 1.807) is 12.4 Å². The highest BCUT2D eigenvalue weighted by Crippen LogP contribution is 2.24. The smallest absolute Gasteiger partial charge is 0.414 e. The normalized spacial score (nSPS) is 13.0. The third kappa shape index (κ3) is 7.93. The minimum Gasteiger partial charge on any atom is -0.473 e. The van der Waals surface area contributed by atoms with Crippen molar-refractivity contribution in [3.8, 4) is 11.4 Å². The summed E-state index contributed by atoms with van der Waals surface area (Å²) in [7, 11) is 4.14. The number of aromatic nitrogens is 4. The first-order chi connectivity index (χ1) is 15.3. The van der Waals surface area contributed by atoms with Crippen molar-refractivity contribution < 1.29 is 24.6 Å². The summed E-state index contributed by atoms with van der Waals surface area (Å²) in [5.74, 6) is -2.20. The maximum atomic E-state index is 12.3. The highest BCUT2D eigenvalue weighted by Gasteiger charge is 2.20. The molecule has 2 aromatic heterocycles. The first-order valence-electron chi connectivity index (χ1n) is 10.1. The number of rotatable bonds is 8. The summed E-state index contributed by atoms with van der Waals surface area (Å²) in [6.07, 6.45) is 6.75. The largest absolute Gasteiger partial charge is 0.473 e. The van der Waals surface area contributed by atoms with Crippen LogP contribution in [0.15, 0.2) is 29.7 Å². The van der Waals surface area contributed by atoms with Gasteiger partial charge in [0, 0.05) is 37.6 Å². The molecule has 0 bridgehead atoms. The summed E-state index contributed by atoms with van der Waals surface area (Å²) in [4.78, 5) is 38.7. The zero-order valence-electron chi connectivity index (χ0n) is 18.2. The number of carbonyl (C=O) groups is 3. The lowest BCUT2D eigenvalue weighted by molar-refractivity contribution is -0.159. The van der Waals surface area contributed by atoms with Crippen LogP contribution in [0.25, 0.3) is 11.4 Å². The van der Waals surface area contributed by atoms with Crippen molar-refractivity contribution in [2.24, 2.45) is 0 Å². The molecular formula is C20H28N6O5S. The van der Waals surface area contributed by atoms with Crippen LogP contribution in [-0.4, -0.2) is 97.1 Å². The van der Waals surface area contributed by atoms with Crippen molar-refractivity contribution in [2.75, 3.05) is 39.5 Å². The molecule has 11 nitrogen and oxygen atoms in total. The Kier molecular flexibility index (Phi) is 10.1. The number of hydrogen-bond donors (Lipinski definition) is 2. The Morgan fingerprint density at radius 3 is 2.25 bits per heavy atom. The van der Waals surface area contributed by atoms with Crippen LogP contribution >= 0.6 is 11.8 Å². The third-order valence-electron chi connectivity index (χ3n) is 4.61. The standard InChI is InChI=1S/C18H26N6OS.C2H2O4/c1-22(2)10-5-13-24-17(15-6-8-19-9-7-15)20-21-18(24)26-14-16(25)23-11-3-4-12-23;3-1(4)2(5)6/h6-9H,3-5,10-14H2,1-2H3;(H,3,4)(H,5,6). The lowest BCUT2D eigenvalue weighted by Gasteiger charge is -2.15. The van der Waals surface area contributed by atoms with Gasteiger partial charge in [0.1, 0.15) is 0 Å². The quantitative estimate of drug-likeness (QED) is 0.432. The lowest BCUT2D eigenvalue weighted by Crippen LogP contribution is -2.29. The second kappa shape index (κ2) is 12.8. The van der Waals surface area contributed by atoms with Gasteiger partial charge in [0.05, 0.1) is 5.75 Å². The minimum absolute atomic E-state index is 0.195. The molecule has 0 atom stereocenters. The Hall–Kier alpha value is -2.99. The number of hydrogen-bond acceptors (Lipinski definition) is 8. The molecule has 1 aliphatic heterocycles. The van der Waals surface area contributed by atoms with E-state index in [0.29, 0.717) is 5.75 Å². The monoisotopic (exact) mass is 464 g/mol. The first-order valence-corrected chi connectivity index (χ1v) is 11.1. The van der Waals surface area contributed by atoms with Crippen LogP contribution in [0.3, 0.4) is 0 Å². The number of pyridine rings is 1. The SMILES string of the molecule is CN(C)CCCn1c(SCC(=O)N2CCCC2)nnc1-c1ccncc1.O=C(O)C(=O)O. The number of carboxylic acids is 2. The maximum absolute atomic E-state index is 12.3. The van der Waals surface area contributed by atoms with E-state index in [0.717, 1.165) is 62.0 Å². The number of thioether (sulfide) groups is 1. The Morgan fingerprint density at radius 2 is 1.69 bits per heavy atom. The average Bonchev–Trinajstić information content (AvgIpc) is 3.43. The molecule has 0 unspecified atom stereocenters. The van der Waals surface area contributed by atoms with Gasteiger partial charge in [0.15, 0.2) is 11.0 Å². The summed E-state index contributed by atoms with van der Waals surface area (Å²) in [5.41, 5.74) is 0.995. The zero-order valence-corrected chi connectivity index (χ0v) is 19.0. The fourth-order valence-corrected chi connectivity index (χ4v) is 3.91. The molecule has 32 heavy (non-hydrogen) atoms. The highest BCUT2D eigenvalue weighted by atomic mass is 32.2. The molecule has 1 amide bonds. The van der Waals surface area contributed by atoms with E-state index in [1.165, 1.54) is 11.8 Å². The van der Waals surface area contributed by atoms with Crippen LogP contribution in [-0.2, 0) is 20.9 Å². The van der Waals surface area contributed by atoms with Gasteiger partial charge in [-0.2, -0.15) is 0 Å². The van der Waals surface area contributed by atoms with E-state index in [2.05, 4.69) is 38.7 Å². The molecule has 174 valence electrons. The van der Waals surface area contributed by atoms with Crippen molar-refractivity contribution >= 4 is 29.6 Å². The predicted molar refractivity (Wildman–Crippen MR) is 118 cm³/mol.